The van der Waals surface area contributed by atoms with Crippen molar-refractivity contribution in [2.75, 3.05) is 4.90 Å². The van der Waals surface area contributed by atoms with Crippen LogP contribution in [0, 0.1) is 0 Å². The van der Waals surface area contributed by atoms with Gasteiger partial charge in [-0.2, -0.15) is 0 Å². The number of anilines is 3. The molecule has 0 unspecified atom stereocenters. The van der Waals surface area contributed by atoms with Crippen LogP contribution in [0.2, 0.25) is 0 Å². The van der Waals surface area contributed by atoms with Gasteiger partial charge < -0.3 is 9.32 Å². The lowest BCUT2D eigenvalue weighted by molar-refractivity contribution is 0.669. The van der Waals surface area contributed by atoms with Crippen molar-refractivity contribution in [1.29, 1.82) is 0 Å². The molecule has 11 aromatic rings. The molecule has 0 bridgehead atoms. The maximum atomic E-state index is 6.25. The Balaban J connectivity index is 0.982. The second kappa shape index (κ2) is 15.1. The molecular weight excluding hydrogens is 727 g/mol. The quantitative estimate of drug-likeness (QED) is 0.153. The summed E-state index contributed by atoms with van der Waals surface area (Å²) in [4.78, 5) is 2.36. The minimum absolute atomic E-state index is 0.899. The van der Waals surface area contributed by atoms with Crippen LogP contribution in [-0.2, 0) is 0 Å². The lowest BCUT2D eigenvalue weighted by Gasteiger charge is -2.26. The fraction of sp³-hybridized carbons (Fsp3) is 0. The molecule has 0 fully saturated rings. The molecule has 0 amide bonds. The number of para-hydroxylation sites is 1. The number of fused-ring (bicyclic) bond motifs is 4. The van der Waals surface area contributed by atoms with Gasteiger partial charge in [-0.25, -0.2) is 0 Å². The standard InChI is InChI=1S/C58H39NO/c1-2-12-40(13-3-1)45-16-8-18-47(36-45)49-20-10-21-53(39-49)59(52-34-30-43(31-35-52)54-23-11-25-57-58(54)55-22-6-7-24-56(55)60-57)51-32-28-42(29-33-51)46-17-9-19-48(37-46)50-27-26-41-14-4-5-15-44(41)38-50/h1-39H. The van der Waals surface area contributed by atoms with Crippen molar-refractivity contribution in [1.82, 2.24) is 0 Å². The largest absolute Gasteiger partial charge is 0.456 e. The van der Waals surface area contributed by atoms with Crippen LogP contribution in [-0.4, -0.2) is 0 Å². The first-order valence-electron chi connectivity index (χ1n) is 20.5. The molecule has 0 saturated carbocycles. The van der Waals surface area contributed by atoms with Gasteiger partial charge in [-0.3, -0.25) is 0 Å². The number of benzene rings is 10. The molecule has 0 aliphatic rings. The fourth-order valence-corrected chi connectivity index (χ4v) is 8.64. The van der Waals surface area contributed by atoms with Crippen LogP contribution in [0.4, 0.5) is 17.1 Å². The number of hydrogen-bond donors (Lipinski definition) is 0. The van der Waals surface area contributed by atoms with Crippen molar-refractivity contribution in [3.63, 3.8) is 0 Å². The van der Waals surface area contributed by atoms with E-state index in [0.29, 0.717) is 0 Å². The Morgan fingerprint density at radius 3 is 1.47 bits per heavy atom. The van der Waals surface area contributed by atoms with Gasteiger partial charge in [0, 0.05) is 27.8 Å². The SMILES string of the molecule is c1ccc(-c2cccc(-c3cccc(N(c4ccc(-c5cccc(-c6ccc7ccccc7c6)c5)cc4)c4ccc(-c5cccc6oc7ccccc7c56)cc4)c3)c2)cc1. The highest BCUT2D eigenvalue weighted by atomic mass is 16.3. The molecule has 0 spiro atoms. The van der Waals surface area contributed by atoms with E-state index in [-0.39, 0.29) is 0 Å². The Bertz CT molecular complexity index is 3310. The zero-order chi connectivity index (χ0) is 39.8. The van der Waals surface area contributed by atoms with Crippen molar-refractivity contribution >= 4 is 49.8 Å². The summed E-state index contributed by atoms with van der Waals surface area (Å²) in [5.41, 5.74) is 16.9. The zero-order valence-electron chi connectivity index (χ0n) is 32.9. The van der Waals surface area contributed by atoms with Gasteiger partial charge in [0.2, 0.25) is 0 Å². The summed E-state index contributed by atoms with van der Waals surface area (Å²) in [7, 11) is 0. The lowest BCUT2D eigenvalue weighted by atomic mass is 9.97. The highest BCUT2D eigenvalue weighted by Crippen LogP contribution is 2.41. The highest BCUT2D eigenvalue weighted by Gasteiger charge is 2.17. The van der Waals surface area contributed by atoms with Crippen molar-refractivity contribution in [3.8, 4) is 55.6 Å². The summed E-state index contributed by atoms with van der Waals surface area (Å²) in [5.74, 6) is 0. The molecule has 0 aliphatic carbocycles. The predicted octanol–water partition coefficient (Wildman–Crippen LogP) is 16.5. The van der Waals surface area contributed by atoms with E-state index in [1.54, 1.807) is 0 Å². The van der Waals surface area contributed by atoms with E-state index in [2.05, 4.69) is 229 Å². The van der Waals surface area contributed by atoms with Crippen LogP contribution >= 0.6 is 0 Å². The summed E-state index contributed by atoms with van der Waals surface area (Å²) in [5, 5.41) is 4.77. The van der Waals surface area contributed by atoms with E-state index < -0.39 is 0 Å². The minimum Gasteiger partial charge on any atom is -0.456 e. The Kier molecular flexibility index (Phi) is 8.87. The lowest BCUT2D eigenvalue weighted by Crippen LogP contribution is -2.10. The second-order valence-electron chi connectivity index (χ2n) is 15.3. The first-order chi connectivity index (χ1) is 29.7. The highest BCUT2D eigenvalue weighted by molar-refractivity contribution is 6.12. The molecule has 10 aromatic carbocycles. The third kappa shape index (κ3) is 6.61. The fourth-order valence-electron chi connectivity index (χ4n) is 8.64. The van der Waals surface area contributed by atoms with Gasteiger partial charge in [0.25, 0.3) is 0 Å². The number of nitrogens with zero attached hydrogens (tertiary/aromatic N) is 1. The van der Waals surface area contributed by atoms with Gasteiger partial charge in [0.05, 0.1) is 0 Å². The Morgan fingerprint density at radius 1 is 0.267 bits per heavy atom. The maximum Gasteiger partial charge on any atom is 0.136 e. The molecular formula is C58H39NO. The third-order valence-corrected chi connectivity index (χ3v) is 11.7. The van der Waals surface area contributed by atoms with Gasteiger partial charge in [-0.1, -0.05) is 170 Å². The van der Waals surface area contributed by atoms with Crippen molar-refractivity contribution in [2.24, 2.45) is 0 Å². The van der Waals surface area contributed by atoms with E-state index in [4.69, 9.17) is 4.42 Å². The average Bonchev–Trinajstić information content (AvgIpc) is 3.72. The molecule has 0 radical (unpaired) electrons. The Hall–Kier alpha value is -7.94. The number of furan rings is 1. The predicted molar refractivity (Wildman–Crippen MR) is 253 cm³/mol. The van der Waals surface area contributed by atoms with Crippen LogP contribution in [0.15, 0.2) is 241 Å². The van der Waals surface area contributed by atoms with Gasteiger partial charge in [-0.15, -0.1) is 0 Å². The van der Waals surface area contributed by atoms with Crippen LogP contribution in [0.5, 0.6) is 0 Å². The molecule has 2 heteroatoms. The van der Waals surface area contributed by atoms with E-state index >= 15 is 0 Å². The average molecular weight is 766 g/mol. The minimum atomic E-state index is 0.899. The topological polar surface area (TPSA) is 16.4 Å². The van der Waals surface area contributed by atoms with Crippen LogP contribution in [0.3, 0.4) is 0 Å². The molecule has 1 aromatic heterocycles. The first kappa shape index (κ1) is 35.2. The third-order valence-electron chi connectivity index (χ3n) is 11.7. The van der Waals surface area contributed by atoms with Crippen molar-refractivity contribution in [2.45, 2.75) is 0 Å². The molecule has 1 heterocycles. The normalized spacial score (nSPS) is 11.3. The number of rotatable bonds is 8. The van der Waals surface area contributed by atoms with E-state index in [9.17, 15) is 0 Å². The van der Waals surface area contributed by atoms with Crippen molar-refractivity contribution in [3.05, 3.63) is 237 Å². The summed E-state index contributed by atoms with van der Waals surface area (Å²) >= 11 is 0. The molecule has 2 nitrogen and oxygen atoms in total. The number of hydrogen-bond acceptors (Lipinski definition) is 2. The zero-order valence-corrected chi connectivity index (χ0v) is 32.9. The first-order valence-corrected chi connectivity index (χ1v) is 20.5. The molecule has 282 valence electrons. The van der Waals surface area contributed by atoms with E-state index in [1.165, 1.54) is 49.7 Å². The summed E-state index contributed by atoms with van der Waals surface area (Å²) in [6.45, 7) is 0. The summed E-state index contributed by atoms with van der Waals surface area (Å²) in [6.07, 6.45) is 0. The molecule has 11 rings (SSSR count). The summed E-state index contributed by atoms with van der Waals surface area (Å²) in [6, 6.07) is 84.9. The smallest absolute Gasteiger partial charge is 0.136 e. The monoisotopic (exact) mass is 765 g/mol. The Labute approximate surface area is 349 Å². The molecule has 0 aliphatic heterocycles. The molecule has 60 heavy (non-hydrogen) atoms. The van der Waals surface area contributed by atoms with Crippen LogP contribution in [0.1, 0.15) is 0 Å². The second-order valence-corrected chi connectivity index (χ2v) is 15.3. The van der Waals surface area contributed by atoms with E-state index in [1.807, 2.05) is 12.1 Å². The maximum absolute atomic E-state index is 6.25. The van der Waals surface area contributed by atoms with Gasteiger partial charge in [0.15, 0.2) is 0 Å². The van der Waals surface area contributed by atoms with E-state index in [0.717, 1.165) is 55.7 Å². The molecule has 0 saturated heterocycles. The van der Waals surface area contributed by atoms with Crippen LogP contribution in [0.25, 0.3) is 88.3 Å². The van der Waals surface area contributed by atoms with Crippen molar-refractivity contribution < 1.29 is 4.42 Å². The van der Waals surface area contributed by atoms with Gasteiger partial charge >= 0.3 is 0 Å². The van der Waals surface area contributed by atoms with Gasteiger partial charge in [0.1, 0.15) is 11.2 Å². The molecule has 0 atom stereocenters. The molecule has 0 N–H and O–H groups in total. The van der Waals surface area contributed by atoms with Gasteiger partial charge in [-0.05, 0) is 133 Å². The Morgan fingerprint density at radius 2 is 0.750 bits per heavy atom. The van der Waals surface area contributed by atoms with Crippen LogP contribution < -0.4 is 4.90 Å². The summed E-state index contributed by atoms with van der Waals surface area (Å²) < 4.78 is 6.25.